The molecule has 0 heterocycles. The molecule has 1 saturated carbocycles. The van der Waals surface area contributed by atoms with Crippen LogP contribution in [0.4, 0.5) is 0 Å². The summed E-state index contributed by atoms with van der Waals surface area (Å²) < 4.78 is 30.7. The SMILES string of the molecule is CC(=O)OC(C1CCCC(=O)C1)S(=O)(=O)c1ccccc1Cl. The van der Waals surface area contributed by atoms with Gasteiger partial charge in [-0.2, -0.15) is 0 Å². The Morgan fingerprint density at radius 2 is 2.05 bits per heavy atom. The fourth-order valence-electron chi connectivity index (χ4n) is 2.67. The van der Waals surface area contributed by atoms with Crippen LogP contribution in [-0.4, -0.2) is 25.6 Å². The topological polar surface area (TPSA) is 77.5 Å². The number of sulfone groups is 1. The van der Waals surface area contributed by atoms with E-state index < -0.39 is 27.2 Å². The van der Waals surface area contributed by atoms with Crippen LogP contribution in [0.1, 0.15) is 32.6 Å². The fourth-order valence-corrected chi connectivity index (χ4v) is 4.99. The monoisotopic (exact) mass is 344 g/mol. The summed E-state index contributed by atoms with van der Waals surface area (Å²) in [6.45, 7) is 1.15. The first-order valence-electron chi connectivity index (χ1n) is 6.99. The Hall–Kier alpha value is -1.40. The summed E-state index contributed by atoms with van der Waals surface area (Å²) in [6.07, 6.45) is 1.66. The van der Waals surface area contributed by atoms with Crippen LogP contribution in [0.25, 0.3) is 0 Å². The Morgan fingerprint density at radius 3 is 2.64 bits per heavy atom. The third kappa shape index (κ3) is 3.67. The second-order valence-corrected chi connectivity index (χ2v) is 7.75. The summed E-state index contributed by atoms with van der Waals surface area (Å²) in [5, 5.41) is 0.0711. The zero-order chi connectivity index (χ0) is 16.3. The van der Waals surface area contributed by atoms with Crippen molar-refractivity contribution in [3.63, 3.8) is 0 Å². The number of hydrogen-bond donors (Lipinski definition) is 0. The maximum absolute atomic E-state index is 12.8. The zero-order valence-electron chi connectivity index (χ0n) is 12.1. The molecule has 2 unspecified atom stereocenters. The van der Waals surface area contributed by atoms with Gasteiger partial charge in [0.25, 0.3) is 0 Å². The number of carbonyl (C=O) groups is 2. The molecule has 0 aliphatic heterocycles. The normalized spacial score (nSPS) is 20.5. The van der Waals surface area contributed by atoms with Gasteiger partial charge in [0.15, 0.2) is 0 Å². The smallest absolute Gasteiger partial charge is 0.303 e. The molecule has 1 aromatic rings. The van der Waals surface area contributed by atoms with E-state index in [1.165, 1.54) is 12.1 Å². The maximum Gasteiger partial charge on any atom is 0.303 e. The molecule has 22 heavy (non-hydrogen) atoms. The molecule has 0 N–H and O–H groups in total. The average molecular weight is 345 g/mol. The molecule has 0 saturated heterocycles. The van der Waals surface area contributed by atoms with Gasteiger partial charge in [-0.15, -0.1) is 0 Å². The highest BCUT2D eigenvalue weighted by Crippen LogP contribution is 2.34. The summed E-state index contributed by atoms with van der Waals surface area (Å²) in [6, 6.07) is 6.01. The summed E-state index contributed by atoms with van der Waals surface area (Å²) in [5.74, 6) is -1.24. The lowest BCUT2D eigenvalue weighted by molar-refractivity contribution is -0.146. The van der Waals surface area contributed by atoms with Crippen molar-refractivity contribution >= 4 is 33.2 Å². The minimum Gasteiger partial charge on any atom is -0.445 e. The Labute approximate surface area is 134 Å². The van der Waals surface area contributed by atoms with Gasteiger partial charge in [0.2, 0.25) is 15.3 Å². The van der Waals surface area contributed by atoms with Crippen molar-refractivity contribution in [2.24, 2.45) is 5.92 Å². The number of benzene rings is 1. The molecule has 0 bridgehead atoms. The van der Waals surface area contributed by atoms with E-state index >= 15 is 0 Å². The van der Waals surface area contributed by atoms with E-state index in [1.54, 1.807) is 12.1 Å². The lowest BCUT2D eigenvalue weighted by atomic mass is 9.89. The first-order valence-corrected chi connectivity index (χ1v) is 8.92. The Kier molecular flexibility index (Phi) is 5.24. The number of ketones is 1. The third-order valence-electron chi connectivity index (χ3n) is 3.64. The summed E-state index contributed by atoms with van der Waals surface area (Å²) in [4.78, 5) is 22.9. The molecular formula is C15H17ClO5S. The van der Waals surface area contributed by atoms with Crippen LogP contribution in [-0.2, 0) is 24.2 Å². The molecular weight excluding hydrogens is 328 g/mol. The molecule has 2 atom stereocenters. The summed E-state index contributed by atoms with van der Waals surface area (Å²) in [7, 11) is -3.98. The van der Waals surface area contributed by atoms with Crippen LogP contribution in [0.5, 0.6) is 0 Å². The van der Waals surface area contributed by atoms with E-state index in [0.717, 1.165) is 6.92 Å². The van der Waals surface area contributed by atoms with E-state index in [1.807, 2.05) is 0 Å². The molecule has 0 radical (unpaired) electrons. The van der Waals surface area contributed by atoms with Gasteiger partial charge in [0.05, 0.1) is 9.92 Å². The molecule has 0 spiro atoms. The van der Waals surface area contributed by atoms with E-state index in [2.05, 4.69) is 0 Å². The molecule has 2 rings (SSSR count). The zero-order valence-corrected chi connectivity index (χ0v) is 13.7. The van der Waals surface area contributed by atoms with Crippen molar-refractivity contribution in [3.8, 4) is 0 Å². The molecule has 1 fully saturated rings. The first kappa shape index (κ1) is 17.0. The van der Waals surface area contributed by atoms with Crippen LogP contribution < -0.4 is 0 Å². The minimum atomic E-state index is -3.98. The highest BCUT2D eigenvalue weighted by atomic mass is 35.5. The van der Waals surface area contributed by atoms with Gasteiger partial charge in [-0.05, 0) is 25.0 Å². The number of Topliss-reactive ketones (excluding diaryl/α,β-unsaturated/α-hetero) is 1. The molecule has 1 aliphatic carbocycles. The van der Waals surface area contributed by atoms with Gasteiger partial charge in [0.1, 0.15) is 5.78 Å². The summed E-state index contributed by atoms with van der Waals surface area (Å²) >= 11 is 5.97. The van der Waals surface area contributed by atoms with Crippen molar-refractivity contribution in [1.82, 2.24) is 0 Å². The number of halogens is 1. The van der Waals surface area contributed by atoms with Crippen molar-refractivity contribution in [2.75, 3.05) is 0 Å². The molecule has 1 aromatic carbocycles. The van der Waals surface area contributed by atoms with Crippen molar-refractivity contribution in [1.29, 1.82) is 0 Å². The quantitative estimate of drug-likeness (QED) is 0.785. The van der Waals surface area contributed by atoms with Crippen molar-refractivity contribution in [2.45, 2.75) is 42.9 Å². The molecule has 120 valence electrons. The van der Waals surface area contributed by atoms with Crippen LogP contribution in [0, 0.1) is 5.92 Å². The Balaban J connectivity index is 2.42. The van der Waals surface area contributed by atoms with Crippen LogP contribution in [0.3, 0.4) is 0 Å². The standard InChI is InChI=1S/C15H17ClO5S/c1-10(17)21-15(11-5-4-6-12(18)9-11)22(19,20)14-8-3-2-7-13(14)16/h2-3,7-8,11,15H,4-6,9H2,1H3. The Bertz CT molecular complexity index is 683. The van der Waals surface area contributed by atoms with E-state index in [-0.39, 0.29) is 22.1 Å². The molecule has 0 aromatic heterocycles. The van der Waals surface area contributed by atoms with Gasteiger partial charge in [-0.1, -0.05) is 23.7 Å². The number of hydrogen-bond acceptors (Lipinski definition) is 5. The largest absolute Gasteiger partial charge is 0.445 e. The van der Waals surface area contributed by atoms with Crippen LogP contribution >= 0.6 is 11.6 Å². The second-order valence-electron chi connectivity index (χ2n) is 5.35. The average Bonchev–Trinajstić information content (AvgIpc) is 2.44. The molecule has 0 amide bonds. The van der Waals surface area contributed by atoms with E-state index in [0.29, 0.717) is 19.3 Å². The van der Waals surface area contributed by atoms with Crippen LogP contribution in [0.2, 0.25) is 5.02 Å². The lowest BCUT2D eigenvalue weighted by Crippen LogP contribution is -2.37. The highest BCUT2D eigenvalue weighted by molar-refractivity contribution is 7.92. The van der Waals surface area contributed by atoms with Gasteiger partial charge in [-0.25, -0.2) is 8.42 Å². The van der Waals surface area contributed by atoms with Crippen molar-refractivity contribution in [3.05, 3.63) is 29.3 Å². The van der Waals surface area contributed by atoms with Gasteiger partial charge in [0, 0.05) is 25.7 Å². The van der Waals surface area contributed by atoms with Gasteiger partial charge in [-0.3, -0.25) is 9.59 Å². The second kappa shape index (κ2) is 6.79. The molecule has 5 nitrogen and oxygen atoms in total. The molecule has 7 heteroatoms. The maximum atomic E-state index is 12.8. The number of rotatable bonds is 4. The third-order valence-corrected chi connectivity index (χ3v) is 6.14. The summed E-state index contributed by atoms with van der Waals surface area (Å²) in [5.41, 5.74) is -1.38. The molecule has 1 aliphatic rings. The minimum absolute atomic E-state index is 0.0113. The van der Waals surface area contributed by atoms with Gasteiger partial charge < -0.3 is 4.74 Å². The van der Waals surface area contributed by atoms with Crippen molar-refractivity contribution < 1.29 is 22.7 Å². The van der Waals surface area contributed by atoms with Crippen LogP contribution in [0.15, 0.2) is 29.2 Å². The fraction of sp³-hybridized carbons (Fsp3) is 0.467. The first-order chi connectivity index (χ1) is 10.3. The van der Waals surface area contributed by atoms with E-state index in [4.69, 9.17) is 16.3 Å². The Morgan fingerprint density at radius 1 is 1.36 bits per heavy atom. The van der Waals surface area contributed by atoms with Gasteiger partial charge >= 0.3 is 5.97 Å². The highest BCUT2D eigenvalue weighted by Gasteiger charge is 2.40. The van der Waals surface area contributed by atoms with E-state index in [9.17, 15) is 18.0 Å². The number of carbonyl (C=O) groups excluding carboxylic acids is 2. The number of esters is 1. The predicted octanol–water partition coefficient (Wildman–Crippen LogP) is 2.76. The number of ether oxygens (including phenoxy) is 1. The predicted molar refractivity (Wildman–Crippen MR) is 81.2 cm³/mol. The lowest BCUT2D eigenvalue weighted by Gasteiger charge is -2.28.